The summed E-state index contributed by atoms with van der Waals surface area (Å²) in [5, 5.41) is 0. The van der Waals surface area contributed by atoms with Gasteiger partial charge in [0, 0.05) is 18.1 Å². The molecule has 0 atom stereocenters. The van der Waals surface area contributed by atoms with Crippen LogP contribution in [0.4, 0.5) is 0 Å². The van der Waals surface area contributed by atoms with Crippen molar-refractivity contribution in [2.24, 2.45) is 0 Å². The van der Waals surface area contributed by atoms with Gasteiger partial charge in [0.2, 0.25) is 5.88 Å². The Morgan fingerprint density at radius 2 is 1.86 bits per heavy atom. The molecular weight excluding hydrogens is 328 g/mol. The maximum Gasteiger partial charge on any atom is 0.223 e. The van der Waals surface area contributed by atoms with E-state index in [2.05, 4.69) is 71.8 Å². The Morgan fingerprint density at radius 3 is 2.48 bits per heavy atom. The zero-order valence-electron chi connectivity index (χ0n) is 13.2. The Kier molecular flexibility index (Phi) is 4.67. The predicted octanol–water partition coefficient (Wildman–Crippen LogP) is 5.20. The number of aromatic nitrogens is 2. The minimum absolute atomic E-state index is 0.0148. The zero-order chi connectivity index (χ0) is 15.6. The van der Waals surface area contributed by atoms with E-state index in [-0.39, 0.29) is 5.41 Å². The van der Waals surface area contributed by atoms with E-state index in [0.29, 0.717) is 5.88 Å². The molecule has 0 aliphatic heterocycles. The van der Waals surface area contributed by atoms with Crippen molar-refractivity contribution in [3.05, 3.63) is 45.8 Å². The Bertz CT molecular complexity index is 648. The standard InChI is InChI=1S/C17H21BrN2O/c1-6-15-19-14(18)10-16(20-15)21-13-9-11(2)7-8-12(13)17(3,4)5/h7-10H,6H2,1-5H3. The highest BCUT2D eigenvalue weighted by atomic mass is 79.9. The van der Waals surface area contributed by atoms with Gasteiger partial charge in [-0.25, -0.2) is 4.98 Å². The number of ether oxygens (including phenoxy) is 1. The largest absolute Gasteiger partial charge is 0.439 e. The minimum Gasteiger partial charge on any atom is -0.439 e. The van der Waals surface area contributed by atoms with Crippen molar-refractivity contribution in [3.63, 3.8) is 0 Å². The van der Waals surface area contributed by atoms with Crippen molar-refractivity contribution < 1.29 is 4.74 Å². The monoisotopic (exact) mass is 348 g/mol. The summed E-state index contributed by atoms with van der Waals surface area (Å²) in [5.74, 6) is 2.20. The van der Waals surface area contributed by atoms with Crippen LogP contribution in [0.15, 0.2) is 28.9 Å². The summed E-state index contributed by atoms with van der Waals surface area (Å²) in [6.45, 7) is 10.6. The van der Waals surface area contributed by atoms with Crippen LogP contribution in [-0.4, -0.2) is 9.97 Å². The summed E-state index contributed by atoms with van der Waals surface area (Å²) in [6.07, 6.45) is 0.774. The molecule has 0 aliphatic rings. The van der Waals surface area contributed by atoms with Crippen LogP contribution in [0.1, 0.15) is 44.6 Å². The Labute approximate surface area is 134 Å². The number of hydrogen-bond donors (Lipinski definition) is 0. The van der Waals surface area contributed by atoms with Crippen molar-refractivity contribution in [2.45, 2.75) is 46.5 Å². The van der Waals surface area contributed by atoms with Crippen LogP contribution in [-0.2, 0) is 11.8 Å². The smallest absolute Gasteiger partial charge is 0.223 e. The van der Waals surface area contributed by atoms with Crippen LogP contribution in [0.3, 0.4) is 0 Å². The highest BCUT2D eigenvalue weighted by molar-refractivity contribution is 9.10. The fourth-order valence-corrected chi connectivity index (χ4v) is 2.50. The molecule has 1 aromatic carbocycles. The van der Waals surface area contributed by atoms with Crippen molar-refractivity contribution in [3.8, 4) is 11.6 Å². The van der Waals surface area contributed by atoms with E-state index in [1.54, 1.807) is 6.07 Å². The summed E-state index contributed by atoms with van der Waals surface area (Å²) in [4.78, 5) is 8.75. The average molecular weight is 349 g/mol. The molecule has 21 heavy (non-hydrogen) atoms. The Morgan fingerprint density at radius 1 is 1.14 bits per heavy atom. The van der Waals surface area contributed by atoms with Crippen molar-refractivity contribution in [2.75, 3.05) is 0 Å². The number of benzene rings is 1. The van der Waals surface area contributed by atoms with Crippen LogP contribution in [0.25, 0.3) is 0 Å². The molecule has 0 amide bonds. The van der Waals surface area contributed by atoms with Gasteiger partial charge < -0.3 is 4.74 Å². The molecule has 112 valence electrons. The Hall–Kier alpha value is -1.42. The summed E-state index contributed by atoms with van der Waals surface area (Å²) in [5.41, 5.74) is 2.35. The van der Waals surface area contributed by atoms with Crippen molar-refractivity contribution in [1.29, 1.82) is 0 Å². The lowest BCUT2D eigenvalue weighted by atomic mass is 9.86. The molecule has 0 aliphatic carbocycles. The van der Waals surface area contributed by atoms with E-state index in [1.165, 1.54) is 11.1 Å². The lowest BCUT2D eigenvalue weighted by molar-refractivity contribution is 0.436. The van der Waals surface area contributed by atoms with Gasteiger partial charge in [-0.05, 0) is 39.9 Å². The summed E-state index contributed by atoms with van der Waals surface area (Å²) >= 11 is 3.41. The fraction of sp³-hybridized carbons (Fsp3) is 0.412. The lowest BCUT2D eigenvalue weighted by Crippen LogP contribution is -2.13. The molecule has 0 unspecified atom stereocenters. The second-order valence-electron chi connectivity index (χ2n) is 6.15. The normalized spacial score (nSPS) is 11.5. The second kappa shape index (κ2) is 6.14. The molecule has 0 radical (unpaired) electrons. The molecule has 0 fully saturated rings. The third-order valence-corrected chi connectivity index (χ3v) is 3.60. The van der Waals surface area contributed by atoms with Crippen LogP contribution < -0.4 is 4.74 Å². The first-order valence-corrected chi connectivity index (χ1v) is 7.91. The van der Waals surface area contributed by atoms with Gasteiger partial charge in [-0.2, -0.15) is 4.98 Å². The molecule has 2 aromatic rings. The topological polar surface area (TPSA) is 35.0 Å². The molecular formula is C17H21BrN2O. The quantitative estimate of drug-likeness (QED) is 0.715. The predicted molar refractivity (Wildman–Crippen MR) is 89.1 cm³/mol. The van der Waals surface area contributed by atoms with Crippen LogP contribution in [0.5, 0.6) is 11.6 Å². The summed E-state index contributed by atoms with van der Waals surface area (Å²) in [6, 6.07) is 8.10. The second-order valence-corrected chi connectivity index (χ2v) is 6.96. The molecule has 2 rings (SSSR count). The number of halogens is 1. The molecule has 1 heterocycles. The van der Waals surface area contributed by atoms with E-state index in [0.717, 1.165) is 22.6 Å². The Balaban J connectivity index is 2.44. The van der Waals surface area contributed by atoms with Crippen LogP contribution >= 0.6 is 15.9 Å². The van der Waals surface area contributed by atoms with Gasteiger partial charge in [0.15, 0.2) is 0 Å². The SMILES string of the molecule is CCc1nc(Br)cc(Oc2cc(C)ccc2C(C)(C)C)n1. The molecule has 0 N–H and O–H groups in total. The number of hydrogen-bond acceptors (Lipinski definition) is 3. The maximum absolute atomic E-state index is 6.06. The van der Waals surface area contributed by atoms with Crippen molar-refractivity contribution in [1.82, 2.24) is 9.97 Å². The zero-order valence-corrected chi connectivity index (χ0v) is 14.8. The number of nitrogens with zero attached hydrogens (tertiary/aromatic N) is 2. The van der Waals surface area contributed by atoms with Gasteiger partial charge in [0.25, 0.3) is 0 Å². The van der Waals surface area contributed by atoms with Gasteiger partial charge in [-0.1, -0.05) is 39.8 Å². The van der Waals surface area contributed by atoms with E-state index in [9.17, 15) is 0 Å². The molecule has 0 saturated heterocycles. The summed E-state index contributed by atoms with van der Waals surface area (Å²) < 4.78 is 6.80. The molecule has 0 saturated carbocycles. The molecule has 0 bridgehead atoms. The van der Waals surface area contributed by atoms with E-state index >= 15 is 0 Å². The van der Waals surface area contributed by atoms with E-state index in [1.807, 2.05) is 6.92 Å². The lowest BCUT2D eigenvalue weighted by Gasteiger charge is -2.23. The van der Waals surface area contributed by atoms with Gasteiger partial charge in [-0.3, -0.25) is 0 Å². The number of rotatable bonds is 3. The van der Waals surface area contributed by atoms with Gasteiger partial charge in [0.05, 0.1) is 0 Å². The highest BCUT2D eigenvalue weighted by Crippen LogP contribution is 2.34. The van der Waals surface area contributed by atoms with Crippen LogP contribution in [0, 0.1) is 6.92 Å². The fourth-order valence-electron chi connectivity index (χ4n) is 2.10. The van der Waals surface area contributed by atoms with Gasteiger partial charge >= 0.3 is 0 Å². The first-order valence-electron chi connectivity index (χ1n) is 7.12. The van der Waals surface area contributed by atoms with Gasteiger partial charge in [0.1, 0.15) is 16.2 Å². The van der Waals surface area contributed by atoms with E-state index in [4.69, 9.17) is 4.74 Å². The maximum atomic E-state index is 6.06. The number of aryl methyl sites for hydroxylation is 2. The molecule has 0 spiro atoms. The third kappa shape index (κ3) is 4.03. The highest BCUT2D eigenvalue weighted by Gasteiger charge is 2.20. The van der Waals surface area contributed by atoms with Crippen molar-refractivity contribution >= 4 is 15.9 Å². The first kappa shape index (κ1) is 16.0. The molecule has 4 heteroatoms. The van der Waals surface area contributed by atoms with Crippen LogP contribution in [0.2, 0.25) is 0 Å². The minimum atomic E-state index is 0.0148. The first-order chi connectivity index (χ1) is 9.79. The van der Waals surface area contributed by atoms with E-state index < -0.39 is 0 Å². The van der Waals surface area contributed by atoms with Gasteiger partial charge in [-0.15, -0.1) is 0 Å². The average Bonchev–Trinajstić information content (AvgIpc) is 2.36. The molecule has 1 aromatic heterocycles. The summed E-state index contributed by atoms with van der Waals surface area (Å²) in [7, 11) is 0. The third-order valence-electron chi connectivity index (χ3n) is 3.19. The molecule has 3 nitrogen and oxygen atoms in total.